The molecule has 2 heteroatoms. The van der Waals surface area contributed by atoms with Gasteiger partial charge in [-0.1, -0.05) is 44.7 Å². The van der Waals surface area contributed by atoms with Gasteiger partial charge in [0.05, 0.1) is 0 Å². The second-order valence-electron chi connectivity index (χ2n) is 3.83. The first-order valence-corrected chi connectivity index (χ1v) is 5.61. The van der Waals surface area contributed by atoms with E-state index < -0.39 is 0 Å². The van der Waals surface area contributed by atoms with Gasteiger partial charge in [-0.15, -0.1) is 0 Å². The number of unbranched alkanes of at least 4 members (excludes halogenated alkanes) is 4. The molecule has 1 N–H and O–H groups in total. The Morgan fingerprint density at radius 1 is 0.933 bits per heavy atom. The number of hydrogen-bond donors (Lipinski definition) is 1. The van der Waals surface area contributed by atoms with Crippen LogP contribution in [0.2, 0.25) is 0 Å². The largest absolute Gasteiger partial charge is 0.508 e. The number of benzene rings is 1. The van der Waals surface area contributed by atoms with E-state index in [0.29, 0.717) is 5.75 Å². The predicted molar refractivity (Wildman–Crippen MR) is 60.6 cm³/mol. The minimum atomic E-state index is 0. The molecular formula is C13H20OZn. The Morgan fingerprint density at radius 2 is 1.53 bits per heavy atom. The van der Waals surface area contributed by atoms with Crippen molar-refractivity contribution in [2.75, 3.05) is 0 Å². The Labute approximate surface area is 106 Å². The molecule has 1 aromatic carbocycles. The zero-order valence-electron chi connectivity index (χ0n) is 9.71. The van der Waals surface area contributed by atoms with E-state index in [9.17, 15) is 0 Å². The third-order valence-electron chi connectivity index (χ3n) is 2.51. The van der Waals surface area contributed by atoms with Crippen molar-refractivity contribution in [3.8, 4) is 5.75 Å². The smallest absolute Gasteiger partial charge is 0.115 e. The van der Waals surface area contributed by atoms with Crippen LogP contribution in [0, 0.1) is 0 Å². The average molecular weight is 258 g/mol. The van der Waals surface area contributed by atoms with Crippen molar-refractivity contribution in [1.29, 1.82) is 0 Å². The minimum Gasteiger partial charge on any atom is -0.508 e. The molecule has 0 heterocycles. The second-order valence-corrected chi connectivity index (χ2v) is 3.83. The van der Waals surface area contributed by atoms with Gasteiger partial charge in [0.1, 0.15) is 5.75 Å². The summed E-state index contributed by atoms with van der Waals surface area (Å²) in [5, 5.41) is 9.10. The Hall–Kier alpha value is -0.357. The minimum absolute atomic E-state index is 0. The molecule has 80 valence electrons. The first kappa shape index (κ1) is 14.6. The monoisotopic (exact) mass is 256 g/mol. The van der Waals surface area contributed by atoms with Crippen LogP contribution in [0.3, 0.4) is 0 Å². The van der Waals surface area contributed by atoms with Crippen LogP contribution in [0.25, 0.3) is 0 Å². The van der Waals surface area contributed by atoms with Crippen molar-refractivity contribution in [3.63, 3.8) is 0 Å². The number of hydrogen-bond acceptors (Lipinski definition) is 1. The predicted octanol–water partition coefficient (Wildman–Crippen LogP) is 3.90. The summed E-state index contributed by atoms with van der Waals surface area (Å²) in [5.74, 6) is 0.361. The third kappa shape index (κ3) is 6.68. The van der Waals surface area contributed by atoms with Crippen LogP contribution in [-0.4, -0.2) is 5.11 Å². The summed E-state index contributed by atoms with van der Waals surface area (Å²) in [6.07, 6.45) is 7.76. The van der Waals surface area contributed by atoms with Gasteiger partial charge in [-0.2, -0.15) is 0 Å². The molecule has 1 nitrogen and oxygen atoms in total. The number of rotatable bonds is 6. The van der Waals surface area contributed by atoms with E-state index in [-0.39, 0.29) is 19.5 Å². The summed E-state index contributed by atoms with van der Waals surface area (Å²) in [7, 11) is 0. The van der Waals surface area contributed by atoms with Crippen molar-refractivity contribution < 1.29 is 24.6 Å². The average Bonchev–Trinajstić information content (AvgIpc) is 2.21. The van der Waals surface area contributed by atoms with Crippen molar-refractivity contribution in [1.82, 2.24) is 0 Å². The number of phenols is 1. The topological polar surface area (TPSA) is 20.2 Å². The summed E-state index contributed by atoms with van der Waals surface area (Å²) in [5.41, 5.74) is 1.33. The Kier molecular flexibility index (Phi) is 8.70. The number of aryl methyl sites for hydroxylation is 1. The van der Waals surface area contributed by atoms with Gasteiger partial charge in [-0.3, -0.25) is 0 Å². The van der Waals surface area contributed by atoms with Crippen LogP contribution in [0.1, 0.15) is 44.6 Å². The third-order valence-corrected chi connectivity index (χ3v) is 2.51. The van der Waals surface area contributed by atoms with Gasteiger partial charge >= 0.3 is 0 Å². The van der Waals surface area contributed by atoms with Gasteiger partial charge in [0.2, 0.25) is 0 Å². The van der Waals surface area contributed by atoms with Crippen LogP contribution in [-0.2, 0) is 25.9 Å². The van der Waals surface area contributed by atoms with Crippen LogP contribution in [0.5, 0.6) is 5.75 Å². The van der Waals surface area contributed by atoms with Gasteiger partial charge < -0.3 is 5.11 Å². The Balaban J connectivity index is 0.00000196. The zero-order chi connectivity index (χ0) is 10.2. The fourth-order valence-electron chi connectivity index (χ4n) is 1.60. The maximum Gasteiger partial charge on any atom is 0.115 e. The molecule has 0 spiro atoms. The number of aromatic hydroxyl groups is 1. The summed E-state index contributed by atoms with van der Waals surface area (Å²) in [6.45, 7) is 2.24. The molecule has 0 radical (unpaired) electrons. The van der Waals surface area contributed by atoms with Gasteiger partial charge in [0.15, 0.2) is 0 Å². The fraction of sp³-hybridized carbons (Fsp3) is 0.538. The molecule has 0 unspecified atom stereocenters. The van der Waals surface area contributed by atoms with E-state index in [4.69, 9.17) is 5.11 Å². The molecule has 0 aliphatic rings. The van der Waals surface area contributed by atoms with Crippen molar-refractivity contribution in [2.24, 2.45) is 0 Å². The van der Waals surface area contributed by atoms with Crippen LogP contribution < -0.4 is 0 Å². The molecule has 0 amide bonds. The first-order valence-electron chi connectivity index (χ1n) is 5.61. The van der Waals surface area contributed by atoms with Gasteiger partial charge in [0, 0.05) is 19.5 Å². The second kappa shape index (κ2) is 8.91. The van der Waals surface area contributed by atoms with Gasteiger partial charge in [-0.25, -0.2) is 0 Å². The van der Waals surface area contributed by atoms with Crippen molar-refractivity contribution in [3.05, 3.63) is 29.8 Å². The molecule has 1 aromatic rings. The SMILES string of the molecule is CCCCCCCc1ccc(O)cc1.[Zn]. The standard InChI is InChI=1S/C13H20O.Zn/c1-2-3-4-5-6-7-12-8-10-13(14)11-9-12;/h8-11,14H,2-7H2,1H3;. The molecule has 15 heavy (non-hydrogen) atoms. The van der Waals surface area contributed by atoms with Crippen LogP contribution in [0.15, 0.2) is 24.3 Å². The van der Waals surface area contributed by atoms with E-state index in [1.165, 1.54) is 37.7 Å². The van der Waals surface area contributed by atoms with Gasteiger partial charge in [-0.05, 0) is 30.5 Å². The zero-order valence-corrected chi connectivity index (χ0v) is 12.7. The molecule has 0 saturated heterocycles. The quantitative estimate of drug-likeness (QED) is 0.605. The maximum absolute atomic E-state index is 9.10. The van der Waals surface area contributed by atoms with E-state index in [0.717, 1.165) is 6.42 Å². The molecule has 0 aromatic heterocycles. The molecule has 0 saturated carbocycles. The molecule has 0 aliphatic heterocycles. The van der Waals surface area contributed by atoms with Crippen molar-refractivity contribution >= 4 is 0 Å². The summed E-state index contributed by atoms with van der Waals surface area (Å²) < 4.78 is 0. The fourth-order valence-corrected chi connectivity index (χ4v) is 1.60. The van der Waals surface area contributed by atoms with Crippen LogP contribution in [0.4, 0.5) is 0 Å². The molecule has 0 aliphatic carbocycles. The Morgan fingerprint density at radius 3 is 2.13 bits per heavy atom. The summed E-state index contributed by atoms with van der Waals surface area (Å²) in [4.78, 5) is 0. The molecular weight excluding hydrogens is 238 g/mol. The molecule has 1 rings (SSSR count). The molecule has 0 fully saturated rings. The number of phenolic OH excluding ortho intramolecular Hbond substituents is 1. The van der Waals surface area contributed by atoms with Crippen molar-refractivity contribution in [2.45, 2.75) is 45.4 Å². The normalized spacial score (nSPS) is 9.67. The van der Waals surface area contributed by atoms with E-state index in [1.807, 2.05) is 12.1 Å². The summed E-state index contributed by atoms with van der Waals surface area (Å²) in [6, 6.07) is 7.55. The van der Waals surface area contributed by atoms with E-state index >= 15 is 0 Å². The van der Waals surface area contributed by atoms with E-state index in [2.05, 4.69) is 6.92 Å². The molecule has 0 bridgehead atoms. The summed E-state index contributed by atoms with van der Waals surface area (Å²) >= 11 is 0. The van der Waals surface area contributed by atoms with Gasteiger partial charge in [0.25, 0.3) is 0 Å². The Bertz CT molecular complexity index is 243. The molecule has 0 atom stereocenters. The van der Waals surface area contributed by atoms with E-state index in [1.54, 1.807) is 12.1 Å². The maximum atomic E-state index is 9.10. The van der Waals surface area contributed by atoms with Crippen LogP contribution >= 0.6 is 0 Å². The first-order chi connectivity index (χ1) is 6.83.